The van der Waals surface area contributed by atoms with Crippen molar-refractivity contribution in [3.05, 3.63) is 29.8 Å². The Morgan fingerprint density at radius 3 is 2.57 bits per heavy atom. The number of nitrogens with zero attached hydrogens (tertiary/aromatic N) is 2. The second kappa shape index (κ2) is 7.13. The maximum absolute atomic E-state index is 12.6. The first-order chi connectivity index (χ1) is 10.9. The molecule has 1 aliphatic heterocycles. The van der Waals surface area contributed by atoms with Gasteiger partial charge in [-0.2, -0.15) is 0 Å². The van der Waals surface area contributed by atoms with Gasteiger partial charge >= 0.3 is 0 Å². The predicted octanol–water partition coefficient (Wildman–Crippen LogP) is -0.218. The lowest BCUT2D eigenvalue weighted by Crippen LogP contribution is -2.60. The number of ether oxygens (including phenoxy) is 1. The van der Waals surface area contributed by atoms with Gasteiger partial charge in [-0.1, -0.05) is 18.2 Å². The molecule has 7 heteroatoms. The molecule has 3 amide bonds. The molecule has 0 bridgehead atoms. The van der Waals surface area contributed by atoms with Crippen LogP contribution in [-0.4, -0.2) is 60.3 Å². The predicted molar refractivity (Wildman–Crippen MR) is 83.6 cm³/mol. The smallest absolute Gasteiger partial charge is 0.242 e. The summed E-state index contributed by atoms with van der Waals surface area (Å²) in [6.45, 7) is 2.27. The minimum atomic E-state index is -0.796. The molecular weight excluding hydrogens is 298 g/mol. The largest absolute Gasteiger partial charge is 0.496 e. The van der Waals surface area contributed by atoms with Gasteiger partial charge in [-0.05, 0) is 6.07 Å². The van der Waals surface area contributed by atoms with Crippen molar-refractivity contribution in [3.63, 3.8) is 0 Å². The Kier molecular flexibility index (Phi) is 5.20. The average molecular weight is 319 g/mol. The van der Waals surface area contributed by atoms with Crippen LogP contribution in [0, 0.1) is 0 Å². The Bertz CT molecular complexity index is 617. The zero-order chi connectivity index (χ0) is 17.0. The quantitative estimate of drug-likeness (QED) is 0.830. The van der Waals surface area contributed by atoms with Crippen LogP contribution in [0.15, 0.2) is 24.3 Å². The van der Waals surface area contributed by atoms with Crippen LogP contribution in [0.25, 0.3) is 0 Å². The van der Waals surface area contributed by atoms with Gasteiger partial charge in [0.25, 0.3) is 0 Å². The van der Waals surface area contributed by atoms with Crippen molar-refractivity contribution in [1.29, 1.82) is 0 Å². The summed E-state index contributed by atoms with van der Waals surface area (Å²) in [7, 11) is 1.54. The van der Waals surface area contributed by atoms with Crippen LogP contribution in [0.4, 0.5) is 0 Å². The number of piperazine rings is 1. The van der Waals surface area contributed by atoms with Gasteiger partial charge in [0, 0.05) is 25.6 Å². The van der Waals surface area contributed by atoms with Gasteiger partial charge in [0.15, 0.2) is 0 Å². The lowest BCUT2D eigenvalue weighted by atomic mass is 10.1. The van der Waals surface area contributed by atoms with Crippen molar-refractivity contribution in [2.45, 2.75) is 19.4 Å². The molecule has 0 saturated carbocycles. The summed E-state index contributed by atoms with van der Waals surface area (Å²) < 4.78 is 5.24. The molecule has 0 aromatic heterocycles. The Morgan fingerprint density at radius 1 is 1.26 bits per heavy atom. The van der Waals surface area contributed by atoms with E-state index < -0.39 is 11.9 Å². The fourth-order valence-corrected chi connectivity index (χ4v) is 2.72. The number of hydrogen-bond acceptors (Lipinski definition) is 4. The molecule has 2 N–H and O–H groups in total. The fourth-order valence-electron chi connectivity index (χ4n) is 2.72. The van der Waals surface area contributed by atoms with Crippen LogP contribution in [0.3, 0.4) is 0 Å². The van der Waals surface area contributed by atoms with Crippen LogP contribution in [0.2, 0.25) is 0 Å². The van der Waals surface area contributed by atoms with E-state index in [1.807, 2.05) is 18.2 Å². The second-order valence-electron chi connectivity index (χ2n) is 5.46. The van der Waals surface area contributed by atoms with Gasteiger partial charge in [-0.25, -0.2) is 0 Å². The number of amides is 3. The maximum atomic E-state index is 12.6. The van der Waals surface area contributed by atoms with Gasteiger partial charge in [0.05, 0.1) is 20.1 Å². The molecule has 0 unspecified atom stereocenters. The third-order valence-corrected chi connectivity index (χ3v) is 4.01. The number of nitrogens with two attached hydrogens (primary N) is 1. The Balaban J connectivity index is 2.14. The van der Waals surface area contributed by atoms with E-state index >= 15 is 0 Å². The monoisotopic (exact) mass is 319 g/mol. The molecule has 7 nitrogen and oxygen atoms in total. The van der Waals surface area contributed by atoms with E-state index in [1.165, 1.54) is 16.7 Å². The zero-order valence-corrected chi connectivity index (χ0v) is 13.3. The van der Waals surface area contributed by atoms with Crippen molar-refractivity contribution in [2.24, 2.45) is 5.73 Å². The van der Waals surface area contributed by atoms with E-state index in [2.05, 4.69) is 0 Å². The van der Waals surface area contributed by atoms with Crippen LogP contribution in [-0.2, 0) is 20.8 Å². The standard InChI is InChI=1S/C16H21N3O4/c1-11(20)18-7-8-19(13(10-18)16(17)22)15(21)9-12-5-3-4-6-14(12)23-2/h3-6,13H,7-10H2,1-2H3,(H2,17,22)/t13-/m0/s1. The number of methoxy groups -OCH3 is 1. The molecule has 1 saturated heterocycles. The number of benzene rings is 1. The first-order valence-electron chi connectivity index (χ1n) is 7.40. The number of rotatable bonds is 4. The summed E-state index contributed by atoms with van der Waals surface area (Å²) in [6, 6.07) is 6.44. The SMILES string of the molecule is COc1ccccc1CC(=O)N1CCN(C(C)=O)C[C@H]1C(N)=O. The molecule has 1 aliphatic rings. The fraction of sp³-hybridized carbons (Fsp3) is 0.438. The molecule has 0 aliphatic carbocycles. The number of hydrogen-bond donors (Lipinski definition) is 1. The highest BCUT2D eigenvalue weighted by atomic mass is 16.5. The lowest BCUT2D eigenvalue weighted by molar-refractivity contribution is -0.146. The van der Waals surface area contributed by atoms with Crippen LogP contribution < -0.4 is 10.5 Å². The van der Waals surface area contributed by atoms with Gasteiger partial charge in [-0.3, -0.25) is 14.4 Å². The van der Waals surface area contributed by atoms with Gasteiger partial charge < -0.3 is 20.3 Å². The molecule has 2 rings (SSSR count). The van der Waals surface area contributed by atoms with Gasteiger partial charge in [-0.15, -0.1) is 0 Å². The summed E-state index contributed by atoms with van der Waals surface area (Å²) >= 11 is 0. The Morgan fingerprint density at radius 2 is 1.96 bits per heavy atom. The highest BCUT2D eigenvalue weighted by molar-refractivity contribution is 5.89. The van der Waals surface area contributed by atoms with E-state index in [1.54, 1.807) is 13.2 Å². The van der Waals surface area contributed by atoms with Gasteiger partial charge in [0.1, 0.15) is 11.8 Å². The maximum Gasteiger partial charge on any atom is 0.242 e. The molecular formula is C16H21N3O4. The Hall–Kier alpha value is -2.57. The number of para-hydroxylation sites is 1. The first kappa shape index (κ1) is 16.8. The molecule has 0 spiro atoms. The molecule has 0 radical (unpaired) electrons. The summed E-state index contributed by atoms with van der Waals surface area (Å²) in [5.74, 6) is -0.322. The van der Waals surface area contributed by atoms with Crippen LogP contribution >= 0.6 is 0 Å². The Labute approximate surface area is 135 Å². The second-order valence-corrected chi connectivity index (χ2v) is 5.46. The van der Waals surface area contributed by atoms with Crippen molar-refractivity contribution in [3.8, 4) is 5.75 Å². The zero-order valence-electron chi connectivity index (χ0n) is 13.3. The van der Waals surface area contributed by atoms with Crippen molar-refractivity contribution in [2.75, 3.05) is 26.7 Å². The molecule has 1 aromatic carbocycles. The molecule has 1 aromatic rings. The van der Waals surface area contributed by atoms with E-state index in [4.69, 9.17) is 10.5 Å². The van der Waals surface area contributed by atoms with Crippen molar-refractivity contribution in [1.82, 2.24) is 9.80 Å². The third kappa shape index (κ3) is 3.80. The minimum Gasteiger partial charge on any atom is -0.496 e. The third-order valence-electron chi connectivity index (χ3n) is 4.01. The van der Waals surface area contributed by atoms with Crippen LogP contribution in [0.5, 0.6) is 5.75 Å². The first-order valence-corrected chi connectivity index (χ1v) is 7.40. The molecule has 124 valence electrons. The molecule has 1 atom stereocenters. The number of carbonyl (C=O) groups excluding carboxylic acids is 3. The van der Waals surface area contributed by atoms with E-state index in [-0.39, 0.29) is 24.8 Å². The average Bonchev–Trinajstić information content (AvgIpc) is 2.54. The normalized spacial score (nSPS) is 17.7. The van der Waals surface area contributed by atoms with Gasteiger partial charge in [0.2, 0.25) is 17.7 Å². The lowest BCUT2D eigenvalue weighted by Gasteiger charge is -2.39. The minimum absolute atomic E-state index is 0.119. The summed E-state index contributed by atoms with van der Waals surface area (Å²) in [5.41, 5.74) is 6.16. The topological polar surface area (TPSA) is 92.9 Å². The van der Waals surface area contributed by atoms with Crippen molar-refractivity contribution < 1.29 is 19.1 Å². The van der Waals surface area contributed by atoms with E-state index in [0.717, 1.165) is 5.56 Å². The summed E-state index contributed by atoms with van der Waals surface area (Å²) in [6.07, 6.45) is 0.119. The van der Waals surface area contributed by atoms with Crippen LogP contribution in [0.1, 0.15) is 12.5 Å². The van der Waals surface area contributed by atoms with E-state index in [9.17, 15) is 14.4 Å². The number of carbonyl (C=O) groups is 3. The highest BCUT2D eigenvalue weighted by Gasteiger charge is 2.35. The summed E-state index contributed by atoms with van der Waals surface area (Å²) in [5, 5.41) is 0. The summed E-state index contributed by atoms with van der Waals surface area (Å²) in [4.78, 5) is 38.7. The molecule has 1 fully saturated rings. The molecule has 23 heavy (non-hydrogen) atoms. The molecule has 1 heterocycles. The van der Waals surface area contributed by atoms with E-state index in [0.29, 0.717) is 18.8 Å². The highest BCUT2D eigenvalue weighted by Crippen LogP contribution is 2.20. The van der Waals surface area contributed by atoms with Crippen molar-refractivity contribution >= 4 is 17.7 Å². The number of primary amides is 1.